The summed E-state index contributed by atoms with van der Waals surface area (Å²) in [6.45, 7) is 3.67. The Hall–Kier alpha value is -2.74. The van der Waals surface area contributed by atoms with Crippen molar-refractivity contribution < 1.29 is 5.11 Å². The van der Waals surface area contributed by atoms with Crippen LogP contribution in [0.1, 0.15) is 5.69 Å². The molecule has 3 rings (SSSR count). The van der Waals surface area contributed by atoms with Gasteiger partial charge in [0.15, 0.2) is 0 Å². The van der Waals surface area contributed by atoms with E-state index >= 15 is 0 Å². The van der Waals surface area contributed by atoms with Crippen molar-refractivity contribution in [3.05, 3.63) is 48.3 Å². The molecule has 1 saturated heterocycles. The normalized spacial score (nSPS) is 14.8. The van der Waals surface area contributed by atoms with Gasteiger partial charge >= 0.3 is 0 Å². The predicted octanol–water partition coefficient (Wildman–Crippen LogP) is 1.99. The van der Waals surface area contributed by atoms with Crippen molar-refractivity contribution in [1.82, 2.24) is 4.98 Å². The monoisotopic (exact) mass is 280 g/mol. The lowest BCUT2D eigenvalue weighted by Crippen LogP contribution is -2.46. The van der Waals surface area contributed by atoms with Crippen molar-refractivity contribution in [2.45, 2.75) is 0 Å². The zero-order chi connectivity index (χ0) is 14.7. The summed E-state index contributed by atoms with van der Waals surface area (Å²) < 4.78 is 0. The predicted molar refractivity (Wildman–Crippen MR) is 81.5 cm³/mol. The second-order valence-corrected chi connectivity index (χ2v) is 5.00. The van der Waals surface area contributed by atoms with E-state index in [2.05, 4.69) is 14.8 Å². The summed E-state index contributed by atoms with van der Waals surface area (Å²) in [4.78, 5) is 8.68. The van der Waals surface area contributed by atoms with Gasteiger partial charge in [-0.3, -0.25) is 0 Å². The van der Waals surface area contributed by atoms with Gasteiger partial charge in [-0.25, -0.2) is 4.98 Å². The fourth-order valence-corrected chi connectivity index (χ4v) is 2.53. The van der Waals surface area contributed by atoms with E-state index in [1.165, 1.54) is 0 Å². The van der Waals surface area contributed by atoms with E-state index in [4.69, 9.17) is 5.26 Å². The van der Waals surface area contributed by atoms with Gasteiger partial charge in [-0.05, 0) is 36.4 Å². The molecule has 1 aliphatic rings. The molecule has 0 atom stereocenters. The van der Waals surface area contributed by atoms with Crippen LogP contribution in [0.4, 0.5) is 11.4 Å². The Labute approximate surface area is 123 Å². The van der Waals surface area contributed by atoms with Crippen LogP contribution in [-0.2, 0) is 0 Å². The summed E-state index contributed by atoms with van der Waals surface area (Å²) in [5.41, 5.74) is 2.63. The molecule has 0 spiro atoms. The Morgan fingerprint density at radius 3 is 2.00 bits per heavy atom. The topological polar surface area (TPSA) is 63.4 Å². The van der Waals surface area contributed by atoms with Crippen LogP contribution in [0.25, 0.3) is 0 Å². The highest BCUT2D eigenvalue weighted by Crippen LogP contribution is 2.22. The van der Waals surface area contributed by atoms with E-state index in [0.717, 1.165) is 37.6 Å². The molecule has 1 aliphatic heterocycles. The number of aromatic hydroxyl groups is 1. The molecule has 1 aromatic carbocycles. The number of pyridine rings is 1. The molecule has 0 radical (unpaired) electrons. The van der Waals surface area contributed by atoms with Gasteiger partial charge in [-0.1, -0.05) is 0 Å². The molecule has 1 aromatic heterocycles. The summed E-state index contributed by atoms with van der Waals surface area (Å²) in [5.74, 6) is 0.293. The molecular weight excluding hydrogens is 264 g/mol. The summed E-state index contributed by atoms with van der Waals surface area (Å²) in [6, 6.07) is 13.0. The largest absolute Gasteiger partial charge is 0.508 e. The van der Waals surface area contributed by atoms with Crippen molar-refractivity contribution >= 4 is 11.4 Å². The molecule has 1 N–H and O–H groups in total. The van der Waals surface area contributed by atoms with Crippen molar-refractivity contribution in [3.8, 4) is 11.8 Å². The number of benzene rings is 1. The molecule has 5 nitrogen and oxygen atoms in total. The Morgan fingerprint density at radius 1 is 0.905 bits per heavy atom. The van der Waals surface area contributed by atoms with E-state index in [1.807, 2.05) is 24.3 Å². The fourth-order valence-electron chi connectivity index (χ4n) is 2.53. The lowest BCUT2D eigenvalue weighted by atomic mass is 10.2. The van der Waals surface area contributed by atoms with Crippen molar-refractivity contribution in [2.24, 2.45) is 0 Å². The number of anilines is 2. The van der Waals surface area contributed by atoms with E-state index in [-0.39, 0.29) is 0 Å². The first kappa shape index (κ1) is 13.3. The van der Waals surface area contributed by atoms with E-state index in [1.54, 1.807) is 24.4 Å². The first-order chi connectivity index (χ1) is 10.3. The lowest BCUT2D eigenvalue weighted by Gasteiger charge is -2.37. The number of aromatic nitrogens is 1. The number of piperazine rings is 1. The maximum atomic E-state index is 9.33. The zero-order valence-electron chi connectivity index (χ0n) is 11.6. The van der Waals surface area contributed by atoms with Crippen LogP contribution in [-0.4, -0.2) is 36.3 Å². The minimum absolute atomic E-state index is 0.293. The van der Waals surface area contributed by atoms with Crippen molar-refractivity contribution in [3.63, 3.8) is 0 Å². The molecular formula is C16H16N4O. The van der Waals surface area contributed by atoms with Gasteiger partial charge in [0.2, 0.25) is 0 Å². The quantitative estimate of drug-likeness (QED) is 0.911. The molecule has 0 saturated carbocycles. The molecule has 2 aromatic rings. The van der Waals surface area contributed by atoms with Gasteiger partial charge in [0.05, 0.1) is 11.9 Å². The van der Waals surface area contributed by atoms with Crippen LogP contribution < -0.4 is 9.80 Å². The Bertz CT molecular complexity index is 637. The maximum absolute atomic E-state index is 9.33. The van der Waals surface area contributed by atoms with Crippen LogP contribution in [0.2, 0.25) is 0 Å². The third kappa shape index (κ3) is 2.90. The molecule has 21 heavy (non-hydrogen) atoms. The first-order valence-corrected chi connectivity index (χ1v) is 6.91. The number of nitriles is 1. The summed E-state index contributed by atoms with van der Waals surface area (Å²) >= 11 is 0. The third-order valence-electron chi connectivity index (χ3n) is 3.72. The van der Waals surface area contributed by atoms with Gasteiger partial charge in [0.1, 0.15) is 17.5 Å². The summed E-state index contributed by atoms with van der Waals surface area (Å²) in [6.07, 6.45) is 1.76. The van der Waals surface area contributed by atoms with Gasteiger partial charge in [-0.2, -0.15) is 5.26 Å². The average molecular weight is 280 g/mol. The Kier molecular flexibility index (Phi) is 3.61. The van der Waals surface area contributed by atoms with Crippen LogP contribution in [0.15, 0.2) is 42.6 Å². The third-order valence-corrected chi connectivity index (χ3v) is 3.72. The van der Waals surface area contributed by atoms with Gasteiger partial charge in [-0.15, -0.1) is 0 Å². The highest BCUT2D eigenvalue weighted by atomic mass is 16.3. The molecule has 0 aliphatic carbocycles. The molecule has 2 heterocycles. The number of phenols is 1. The van der Waals surface area contributed by atoms with E-state index < -0.39 is 0 Å². The Balaban J connectivity index is 1.64. The number of nitrogens with zero attached hydrogens (tertiary/aromatic N) is 4. The zero-order valence-corrected chi connectivity index (χ0v) is 11.6. The minimum atomic E-state index is 0.293. The highest BCUT2D eigenvalue weighted by Gasteiger charge is 2.17. The van der Waals surface area contributed by atoms with Gasteiger partial charge in [0, 0.05) is 31.9 Å². The van der Waals surface area contributed by atoms with Crippen LogP contribution >= 0.6 is 0 Å². The fraction of sp³-hybridized carbons (Fsp3) is 0.250. The van der Waals surface area contributed by atoms with Crippen LogP contribution in [0, 0.1) is 11.3 Å². The molecule has 1 fully saturated rings. The highest BCUT2D eigenvalue weighted by molar-refractivity contribution is 5.52. The second-order valence-electron chi connectivity index (χ2n) is 5.00. The van der Waals surface area contributed by atoms with Crippen molar-refractivity contribution in [1.29, 1.82) is 5.26 Å². The van der Waals surface area contributed by atoms with Crippen LogP contribution in [0.3, 0.4) is 0 Å². The number of phenolic OH excluding ortho intramolecular Hbond substituents is 1. The molecule has 0 unspecified atom stereocenters. The number of rotatable bonds is 2. The molecule has 0 amide bonds. The maximum Gasteiger partial charge on any atom is 0.140 e. The summed E-state index contributed by atoms with van der Waals surface area (Å²) in [5, 5.41) is 18.1. The average Bonchev–Trinajstić information content (AvgIpc) is 2.56. The molecule has 0 bridgehead atoms. The Morgan fingerprint density at radius 2 is 1.48 bits per heavy atom. The van der Waals surface area contributed by atoms with E-state index in [0.29, 0.717) is 11.4 Å². The lowest BCUT2D eigenvalue weighted by molar-refractivity contribution is 0.475. The second kappa shape index (κ2) is 5.71. The standard InChI is InChI=1S/C16H16N4O/c17-11-13-1-2-15(12-18-13)20-9-7-19(8-10-20)14-3-5-16(21)6-4-14/h1-6,12,21H,7-10H2. The SMILES string of the molecule is N#Cc1ccc(N2CCN(c3ccc(O)cc3)CC2)cn1. The number of hydrogen-bond donors (Lipinski definition) is 1. The molecule has 106 valence electrons. The van der Waals surface area contributed by atoms with Crippen LogP contribution in [0.5, 0.6) is 5.75 Å². The minimum Gasteiger partial charge on any atom is -0.508 e. The molecule has 5 heteroatoms. The first-order valence-electron chi connectivity index (χ1n) is 6.91. The van der Waals surface area contributed by atoms with E-state index in [9.17, 15) is 5.11 Å². The van der Waals surface area contributed by atoms with Crippen molar-refractivity contribution in [2.75, 3.05) is 36.0 Å². The smallest absolute Gasteiger partial charge is 0.140 e. The van der Waals surface area contributed by atoms with Gasteiger partial charge < -0.3 is 14.9 Å². The summed E-state index contributed by atoms with van der Waals surface area (Å²) in [7, 11) is 0. The van der Waals surface area contributed by atoms with Gasteiger partial charge in [0.25, 0.3) is 0 Å². The number of hydrogen-bond acceptors (Lipinski definition) is 5.